The molecule has 0 aliphatic carbocycles. The van der Waals surface area contributed by atoms with E-state index in [0.717, 1.165) is 6.08 Å². The van der Waals surface area contributed by atoms with E-state index in [1.54, 1.807) is 20.8 Å². The van der Waals surface area contributed by atoms with Gasteiger partial charge in [0.1, 0.15) is 11.4 Å². The lowest BCUT2D eigenvalue weighted by Gasteiger charge is -2.44. The van der Waals surface area contributed by atoms with Crippen LogP contribution in [0.25, 0.3) is 0 Å². The molecule has 0 N–H and O–H groups in total. The zero-order chi connectivity index (χ0) is 18.3. The summed E-state index contributed by atoms with van der Waals surface area (Å²) in [6.45, 7) is 5.10. The second-order valence-corrected chi connectivity index (χ2v) is 8.00. The molecular weight excluding hydrogens is 355 g/mol. The van der Waals surface area contributed by atoms with Crippen LogP contribution in [0.3, 0.4) is 0 Å². The molecule has 11 heteroatoms. The lowest BCUT2D eigenvalue weighted by molar-refractivity contribution is -0.0621. The van der Waals surface area contributed by atoms with Gasteiger partial charge in [-0.05, 0) is 26.8 Å². The van der Waals surface area contributed by atoms with E-state index in [1.807, 2.05) is 0 Å². The largest absolute Gasteiger partial charge is 0.534 e. The van der Waals surface area contributed by atoms with Gasteiger partial charge in [0.15, 0.2) is 0 Å². The molecule has 0 radical (unpaired) electrons. The number of rotatable bonds is 2. The van der Waals surface area contributed by atoms with E-state index in [2.05, 4.69) is 4.18 Å². The van der Waals surface area contributed by atoms with Gasteiger partial charge in [-0.15, -0.1) is 0 Å². The summed E-state index contributed by atoms with van der Waals surface area (Å²) in [5, 5.41) is 0. The maximum absolute atomic E-state index is 12.4. The minimum Gasteiger partial charge on any atom is -0.444 e. The highest BCUT2D eigenvalue weighted by Gasteiger charge is 2.50. The molecule has 0 aromatic rings. The summed E-state index contributed by atoms with van der Waals surface area (Å²) < 4.78 is 74.2. The van der Waals surface area contributed by atoms with Gasteiger partial charge in [-0.25, -0.2) is 4.79 Å². The summed E-state index contributed by atoms with van der Waals surface area (Å²) in [6.07, 6.45) is 0.281. The normalized spacial score (nSPS) is 25.1. The fourth-order valence-corrected chi connectivity index (χ4v) is 2.91. The van der Waals surface area contributed by atoms with Gasteiger partial charge in [-0.1, -0.05) is 0 Å². The lowest BCUT2D eigenvalue weighted by Crippen LogP contribution is -2.57. The third-order valence-electron chi connectivity index (χ3n) is 3.27. The van der Waals surface area contributed by atoms with E-state index < -0.39 is 39.4 Å². The molecule has 0 spiro atoms. The molecule has 2 rings (SSSR count). The standard InChI is InChI=1S/C13H18F3NO6S/c1-12(2,3)22-11(18)17-8-4-10(5-9(17)7-21-6-8)23-24(19,20)13(14,15)16/h4,8-9H,5-7H2,1-3H3/t8-,9+/m1/s1. The molecule has 1 saturated heterocycles. The zero-order valence-corrected chi connectivity index (χ0v) is 14.1. The van der Waals surface area contributed by atoms with Crippen LogP contribution in [0, 0.1) is 0 Å². The lowest BCUT2D eigenvalue weighted by atomic mass is 10.0. The van der Waals surface area contributed by atoms with Gasteiger partial charge in [-0.2, -0.15) is 21.6 Å². The first-order chi connectivity index (χ1) is 10.8. The van der Waals surface area contributed by atoms with Crippen molar-refractivity contribution in [1.29, 1.82) is 0 Å². The second kappa shape index (κ2) is 6.10. The van der Waals surface area contributed by atoms with E-state index in [9.17, 15) is 26.4 Å². The minimum absolute atomic E-state index is 0.00860. The number of hydrogen-bond acceptors (Lipinski definition) is 6. The first-order valence-corrected chi connectivity index (χ1v) is 8.51. The Balaban J connectivity index is 2.20. The van der Waals surface area contributed by atoms with Crippen LogP contribution in [-0.2, 0) is 23.8 Å². The monoisotopic (exact) mass is 373 g/mol. The molecule has 2 aliphatic heterocycles. The number of carbonyl (C=O) groups is 1. The first-order valence-electron chi connectivity index (χ1n) is 7.11. The zero-order valence-electron chi connectivity index (χ0n) is 13.3. The Morgan fingerprint density at radius 3 is 2.42 bits per heavy atom. The van der Waals surface area contributed by atoms with E-state index in [-0.39, 0.29) is 25.4 Å². The van der Waals surface area contributed by atoms with E-state index in [1.165, 1.54) is 4.90 Å². The summed E-state index contributed by atoms with van der Waals surface area (Å²) in [5.74, 6) is -0.356. The highest BCUT2D eigenvalue weighted by Crippen LogP contribution is 2.33. The van der Waals surface area contributed by atoms with E-state index in [4.69, 9.17) is 9.47 Å². The molecular formula is C13H18F3NO6S. The smallest absolute Gasteiger partial charge is 0.444 e. The molecule has 1 fully saturated rings. The minimum atomic E-state index is -5.74. The fraction of sp³-hybridized carbons (Fsp3) is 0.769. The molecule has 0 saturated carbocycles. The Labute approximate surface area is 137 Å². The van der Waals surface area contributed by atoms with Crippen molar-refractivity contribution < 1.29 is 40.0 Å². The number of alkyl halides is 3. The first kappa shape index (κ1) is 18.8. The molecule has 2 atom stereocenters. The molecule has 0 aromatic carbocycles. The van der Waals surface area contributed by atoms with E-state index in [0.29, 0.717) is 0 Å². The van der Waals surface area contributed by atoms with Crippen molar-refractivity contribution >= 4 is 16.2 Å². The quantitative estimate of drug-likeness (QED) is 0.545. The van der Waals surface area contributed by atoms with Gasteiger partial charge >= 0.3 is 21.7 Å². The number of hydrogen-bond donors (Lipinski definition) is 0. The van der Waals surface area contributed by atoms with Crippen LogP contribution in [0.1, 0.15) is 27.2 Å². The number of morpholine rings is 1. The summed E-state index contributed by atoms with van der Waals surface area (Å²) >= 11 is 0. The number of carbonyl (C=O) groups excluding carboxylic acids is 1. The maximum atomic E-state index is 12.4. The molecule has 0 unspecified atom stereocenters. The average molecular weight is 373 g/mol. The van der Waals surface area contributed by atoms with Gasteiger partial charge in [0, 0.05) is 6.42 Å². The van der Waals surface area contributed by atoms with Gasteiger partial charge in [-0.3, -0.25) is 4.90 Å². The third kappa shape index (κ3) is 4.12. The number of halogens is 3. The third-order valence-corrected chi connectivity index (χ3v) is 4.27. The summed E-state index contributed by atoms with van der Waals surface area (Å²) in [7, 11) is -5.74. The molecule has 24 heavy (non-hydrogen) atoms. The Bertz CT molecular complexity index is 637. The molecule has 7 nitrogen and oxygen atoms in total. The summed E-state index contributed by atoms with van der Waals surface area (Å²) in [5.41, 5.74) is -6.26. The van der Waals surface area contributed by atoms with Gasteiger partial charge in [0.2, 0.25) is 0 Å². The number of amides is 1. The topological polar surface area (TPSA) is 82.1 Å². The highest BCUT2D eigenvalue weighted by atomic mass is 32.2. The van der Waals surface area contributed by atoms with Crippen molar-refractivity contribution in [2.45, 2.75) is 50.4 Å². The van der Waals surface area contributed by atoms with E-state index >= 15 is 0 Å². The van der Waals surface area contributed by atoms with Crippen LogP contribution in [0.4, 0.5) is 18.0 Å². The van der Waals surface area contributed by atoms with Crippen molar-refractivity contribution in [2.75, 3.05) is 13.2 Å². The van der Waals surface area contributed by atoms with Crippen LogP contribution in [-0.4, -0.2) is 55.8 Å². The SMILES string of the molecule is CC(C)(C)OC(=O)N1[C@@H]2COC[C@H]1C=C(OS(=O)(=O)C(F)(F)F)C2. The Hall–Kier alpha value is -1.49. The fourth-order valence-electron chi connectivity index (χ4n) is 2.41. The molecule has 2 heterocycles. The van der Waals surface area contributed by atoms with Crippen LogP contribution < -0.4 is 0 Å². The van der Waals surface area contributed by atoms with Crippen molar-refractivity contribution in [2.24, 2.45) is 0 Å². The van der Waals surface area contributed by atoms with Gasteiger partial charge in [0.25, 0.3) is 0 Å². The molecule has 138 valence electrons. The van der Waals surface area contributed by atoms with Crippen molar-refractivity contribution in [3.63, 3.8) is 0 Å². The van der Waals surface area contributed by atoms with Crippen LogP contribution >= 0.6 is 0 Å². The van der Waals surface area contributed by atoms with Crippen molar-refractivity contribution in [3.05, 3.63) is 11.8 Å². The Morgan fingerprint density at radius 1 is 1.29 bits per heavy atom. The Morgan fingerprint density at radius 2 is 1.92 bits per heavy atom. The van der Waals surface area contributed by atoms with Crippen molar-refractivity contribution in [1.82, 2.24) is 4.90 Å². The van der Waals surface area contributed by atoms with Gasteiger partial charge in [0.05, 0.1) is 25.3 Å². The Kier molecular flexibility index (Phi) is 4.79. The molecule has 1 amide bonds. The summed E-state index contributed by atoms with van der Waals surface area (Å²) in [6, 6.07) is -1.42. The van der Waals surface area contributed by atoms with Crippen molar-refractivity contribution in [3.8, 4) is 0 Å². The second-order valence-electron chi connectivity index (χ2n) is 6.47. The number of nitrogens with zero attached hydrogens (tertiary/aromatic N) is 1. The van der Waals surface area contributed by atoms with Crippen LogP contribution in [0.2, 0.25) is 0 Å². The van der Waals surface area contributed by atoms with Gasteiger partial charge < -0.3 is 13.7 Å². The summed E-state index contributed by atoms with van der Waals surface area (Å²) in [4.78, 5) is 13.6. The number of fused-ring (bicyclic) bond motifs is 2. The highest BCUT2D eigenvalue weighted by molar-refractivity contribution is 7.87. The maximum Gasteiger partial charge on any atom is 0.534 e. The predicted molar refractivity (Wildman–Crippen MR) is 75.2 cm³/mol. The van der Waals surface area contributed by atoms with Crippen LogP contribution in [0.5, 0.6) is 0 Å². The average Bonchev–Trinajstić information content (AvgIpc) is 2.33. The predicted octanol–water partition coefficient (Wildman–Crippen LogP) is 2.14. The molecule has 2 aliphatic rings. The molecule has 0 aromatic heterocycles. The molecule has 2 bridgehead atoms. The number of ether oxygens (including phenoxy) is 2. The van der Waals surface area contributed by atoms with Crippen LogP contribution in [0.15, 0.2) is 11.8 Å².